The predicted molar refractivity (Wildman–Crippen MR) is 129 cm³/mol. The van der Waals surface area contributed by atoms with Crippen LogP contribution in [-0.4, -0.2) is 49.4 Å². The van der Waals surface area contributed by atoms with Crippen molar-refractivity contribution in [3.8, 4) is 40.0 Å². The van der Waals surface area contributed by atoms with E-state index in [1.54, 1.807) is 0 Å². The summed E-state index contributed by atoms with van der Waals surface area (Å²) in [6, 6.07) is 17.9. The highest BCUT2D eigenvalue weighted by atomic mass is 35.5. The minimum atomic E-state index is 0.343. The number of halogens is 1. The van der Waals surface area contributed by atoms with Gasteiger partial charge in [-0.2, -0.15) is 5.26 Å². The normalized spacial score (nSPS) is 18.5. The Morgan fingerprint density at radius 1 is 1.00 bits per heavy atom. The van der Waals surface area contributed by atoms with Gasteiger partial charge < -0.3 is 14.2 Å². The Kier molecular flexibility index (Phi) is 5.41. The van der Waals surface area contributed by atoms with Crippen LogP contribution in [0.5, 0.6) is 11.5 Å². The van der Waals surface area contributed by atoms with Gasteiger partial charge in [0.2, 0.25) is 0 Å². The lowest BCUT2D eigenvalue weighted by Crippen LogP contribution is -2.56. The van der Waals surface area contributed by atoms with Crippen molar-refractivity contribution in [2.75, 3.05) is 39.5 Å². The van der Waals surface area contributed by atoms with Gasteiger partial charge in [-0.25, -0.2) is 4.98 Å². The quantitative estimate of drug-likeness (QED) is 0.500. The largest absolute Gasteiger partial charge is 0.486 e. The summed E-state index contributed by atoms with van der Waals surface area (Å²) in [6.45, 7) is 5.66. The number of nitrogens with zero attached hydrogens (tertiary/aromatic N) is 3. The fourth-order valence-electron chi connectivity index (χ4n) is 5.22. The van der Waals surface area contributed by atoms with E-state index < -0.39 is 0 Å². The molecule has 0 aliphatic carbocycles. The minimum Gasteiger partial charge on any atom is -0.486 e. The van der Waals surface area contributed by atoms with Gasteiger partial charge in [-0.15, -0.1) is 0 Å². The number of likely N-dealkylation sites (tertiary alicyclic amines) is 1. The molecule has 0 radical (unpaired) electrons. The zero-order chi connectivity index (χ0) is 23.1. The molecule has 0 amide bonds. The lowest BCUT2D eigenvalue weighted by atomic mass is 9.79. The second-order valence-electron chi connectivity index (χ2n) is 9.29. The van der Waals surface area contributed by atoms with Crippen molar-refractivity contribution in [1.29, 1.82) is 5.26 Å². The lowest BCUT2D eigenvalue weighted by molar-refractivity contribution is -0.0123. The van der Waals surface area contributed by atoms with Gasteiger partial charge >= 0.3 is 0 Å². The second-order valence-corrected chi connectivity index (χ2v) is 9.65. The second kappa shape index (κ2) is 8.59. The van der Waals surface area contributed by atoms with Gasteiger partial charge in [-0.1, -0.05) is 41.9 Å². The van der Waals surface area contributed by atoms with Crippen molar-refractivity contribution in [1.82, 2.24) is 9.88 Å². The van der Waals surface area contributed by atoms with Crippen LogP contribution in [-0.2, 0) is 11.3 Å². The van der Waals surface area contributed by atoms with Crippen LogP contribution in [0.1, 0.15) is 17.5 Å². The van der Waals surface area contributed by atoms with Crippen molar-refractivity contribution >= 4 is 11.6 Å². The molecular formula is C27H24ClN3O3. The highest BCUT2D eigenvalue weighted by Crippen LogP contribution is 2.40. The first-order valence-corrected chi connectivity index (χ1v) is 11.9. The van der Waals surface area contributed by atoms with Crippen molar-refractivity contribution < 1.29 is 14.2 Å². The summed E-state index contributed by atoms with van der Waals surface area (Å²) < 4.78 is 16.9. The third-order valence-electron chi connectivity index (χ3n) is 6.93. The molecule has 0 unspecified atom stereocenters. The van der Waals surface area contributed by atoms with E-state index in [0.717, 1.165) is 67.3 Å². The maximum atomic E-state index is 10.1. The minimum absolute atomic E-state index is 0.343. The van der Waals surface area contributed by atoms with Gasteiger partial charge in [-0.3, -0.25) is 4.90 Å². The molecule has 7 heteroatoms. The molecule has 3 aliphatic heterocycles. The highest BCUT2D eigenvalue weighted by Gasteiger charge is 2.45. The Bertz CT molecular complexity index is 1290. The van der Waals surface area contributed by atoms with E-state index in [1.165, 1.54) is 0 Å². The van der Waals surface area contributed by atoms with Gasteiger partial charge in [-0.05, 0) is 30.2 Å². The molecule has 34 heavy (non-hydrogen) atoms. The smallest absolute Gasteiger partial charge is 0.161 e. The summed E-state index contributed by atoms with van der Waals surface area (Å²) in [6.07, 6.45) is 1.14. The van der Waals surface area contributed by atoms with E-state index in [0.29, 0.717) is 40.8 Å². The zero-order valence-electron chi connectivity index (χ0n) is 18.7. The molecule has 6 nitrogen and oxygen atoms in total. The fourth-order valence-corrected chi connectivity index (χ4v) is 5.44. The van der Waals surface area contributed by atoms with Gasteiger partial charge in [0.05, 0.1) is 17.9 Å². The molecule has 6 rings (SSSR count). The third kappa shape index (κ3) is 3.80. The maximum Gasteiger partial charge on any atom is 0.161 e. The van der Waals surface area contributed by atoms with Crippen LogP contribution in [0.2, 0.25) is 5.15 Å². The van der Waals surface area contributed by atoms with Crippen LogP contribution in [0.25, 0.3) is 22.4 Å². The predicted octanol–water partition coefficient (Wildman–Crippen LogP) is 4.93. The molecule has 4 heterocycles. The molecular weight excluding hydrogens is 450 g/mol. The number of fused-ring (bicyclic) bond motifs is 1. The Labute approximate surface area is 203 Å². The molecule has 0 atom stereocenters. The molecule has 1 aromatic heterocycles. The SMILES string of the molecule is N#Cc1c(-c2ccc3c(c2)OCCO3)cccc1-c1ccc(CN2CC3(CCOC3)C2)c(Cl)n1. The molecule has 0 saturated carbocycles. The van der Waals surface area contributed by atoms with Crippen molar-refractivity contribution in [2.24, 2.45) is 5.41 Å². The number of nitriles is 1. The molecule has 2 saturated heterocycles. The number of pyridine rings is 1. The standard InChI is InChI=1S/C27H24ClN3O3/c28-26-19(14-31-15-27(16-31)8-9-32-17-27)4-6-23(30-26)21-3-1-2-20(22(21)13-29)18-5-7-24-25(12-18)34-11-10-33-24/h1-7,12H,8-11,14-17H2. The monoisotopic (exact) mass is 473 g/mol. The molecule has 0 N–H and O–H groups in total. The highest BCUT2D eigenvalue weighted by molar-refractivity contribution is 6.30. The molecule has 2 fully saturated rings. The summed E-state index contributed by atoms with van der Waals surface area (Å²) in [5.41, 5.74) is 5.07. The van der Waals surface area contributed by atoms with Crippen LogP contribution < -0.4 is 9.47 Å². The van der Waals surface area contributed by atoms with Crippen LogP contribution >= 0.6 is 11.6 Å². The van der Waals surface area contributed by atoms with E-state index >= 15 is 0 Å². The average molecular weight is 474 g/mol. The first kappa shape index (κ1) is 21.4. The lowest BCUT2D eigenvalue weighted by Gasteiger charge is -2.47. The van der Waals surface area contributed by atoms with E-state index in [9.17, 15) is 5.26 Å². The zero-order valence-corrected chi connectivity index (χ0v) is 19.5. The van der Waals surface area contributed by atoms with Crippen molar-refractivity contribution in [3.63, 3.8) is 0 Å². The van der Waals surface area contributed by atoms with E-state index in [-0.39, 0.29) is 0 Å². The summed E-state index contributed by atoms with van der Waals surface area (Å²) in [7, 11) is 0. The van der Waals surface area contributed by atoms with E-state index in [1.807, 2.05) is 48.5 Å². The number of benzene rings is 2. The summed E-state index contributed by atoms with van der Waals surface area (Å²) in [5.74, 6) is 1.42. The number of ether oxygens (including phenoxy) is 3. The molecule has 3 aromatic rings. The summed E-state index contributed by atoms with van der Waals surface area (Å²) >= 11 is 6.61. The number of hydrogen-bond donors (Lipinski definition) is 0. The number of hydrogen-bond acceptors (Lipinski definition) is 6. The van der Waals surface area contributed by atoms with Crippen molar-refractivity contribution in [3.05, 3.63) is 64.8 Å². The number of rotatable bonds is 4. The van der Waals surface area contributed by atoms with Crippen LogP contribution in [0.15, 0.2) is 48.5 Å². The van der Waals surface area contributed by atoms with Crippen LogP contribution in [0.4, 0.5) is 0 Å². The van der Waals surface area contributed by atoms with Crippen molar-refractivity contribution in [2.45, 2.75) is 13.0 Å². The Balaban J connectivity index is 1.27. The Morgan fingerprint density at radius 2 is 1.82 bits per heavy atom. The summed E-state index contributed by atoms with van der Waals surface area (Å²) in [5, 5.41) is 10.5. The van der Waals surface area contributed by atoms with Gasteiger partial charge in [0.15, 0.2) is 11.5 Å². The topological polar surface area (TPSA) is 67.6 Å². The third-order valence-corrected chi connectivity index (χ3v) is 7.26. The fraction of sp³-hybridized carbons (Fsp3) is 0.333. The first-order chi connectivity index (χ1) is 16.6. The molecule has 1 spiro atoms. The van der Waals surface area contributed by atoms with Gasteiger partial charge in [0, 0.05) is 48.3 Å². The first-order valence-electron chi connectivity index (χ1n) is 11.5. The number of aromatic nitrogens is 1. The summed E-state index contributed by atoms with van der Waals surface area (Å²) in [4.78, 5) is 7.07. The van der Waals surface area contributed by atoms with Gasteiger partial charge in [0.1, 0.15) is 24.4 Å². The van der Waals surface area contributed by atoms with E-state index in [4.69, 9.17) is 25.8 Å². The maximum absolute atomic E-state index is 10.1. The van der Waals surface area contributed by atoms with Crippen LogP contribution in [0, 0.1) is 16.7 Å². The Morgan fingerprint density at radius 3 is 2.59 bits per heavy atom. The Hall–Kier alpha value is -3.11. The molecule has 172 valence electrons. The van der Waals surface area contributed by atoms with Crippen LogP contribution in [0.3, 0.4) is 0 Å². The molecule has 3 aliphatic rings. The molecule has 2 aromatic carbocycles. The van der Waals surface area contributed by atoms with Gasteiger partial charge in [0.25, 0.3) is 0 Å². The van der Waals surface area contributed by atoms with E-state index in [2.05, 4.69) is 16.0 Å². The average Bonchev–Trinajstić information content (AvgIpc) is 3.34. The molecule has 0 bridgehead atoms.